The van der Waals surface area contributed by atoms with Crippen molar-refractivity contribution in [1.29, 1.82) is 0 Å². The first kappa shape index (κ1) is 54.8. The van der Waals surface area contributed by atoms with Crippen LogP contribution in [0.1, 0.15) is 44.1 Å². The number of nitrogens with zero attached hydrogens (tertiary/aromatic N) is 5. The highest BCUT2D eigenvalue weighted by Gasteiger charge is 2.29. The molecule has 0 spiro atoms. The average molecular weight is 965 g/mol. The van der Waals surface area contributed by atoms with Gasteiger partial charge in [-0.2, -0.15) is 11.8 Å². The van der Waals surface area contributed by atoms with Crippen molar-refractivity contribution in [2.24, 2.45) is 0 Å². The first-order valence-electron chi connectivity index (χ1n) is 21.4. The Hall–Kier alpha value is -5.53. The number of hydrogen-bond donors (Lipinski definition) is 8. The van der Waals surface area contributed by atoms with Gasteiger partial charge in [-0.15, -0.1) is 0 Å². The smallest absolute Gasteiger partial charge is 0.326 e. The van der Waals surface area contributed by atoms with E-state index in [0.29, 0.717) is 30.7 Å². The molecule has 0 radical (unpaired) electrons. The van der Waals surface area contributed by atoms with Crippen LogP contribution in [-0.2, 0) is 49.6 Å². The van der Waals surface area contributed by atoms with Gasteiger partial charge < -0.3 is 41.5 Å². The summed E-state index contributed by atoms with van der Waals surface area (Å²) in [5.41, 5.74) is 1.29. The van der Waals surface area contributed by atoms with E-state index in [0.717, 1.165) is 22.6 Å². The molecule has 24 heteroatoms. The molecule has 1 unspecified atom stereocenters. The second-order valence-electron chi connectivity index (χ2n) is 15.9. The summed E-state index contributed by atoms with van der Waals surface area (Å²) in [6, 6.07) is 4.43. The molecule has 0 bridgehead atoms. The fourth-order valence-corrected chi connectivity index (χ4v) is 8.16. The SMILES string of the molecule is CSCC[C@H](NC(=S)Nc1ccc(CC2CN(CC(=O)O)CCN(CC(=O)O)CCN(CC(=O)O)CCN2CC(=O)O)cc1)C(=O)CCC(=O)N[C@@H](CCCCN1C(=O)C=CC1=O)C(=O)O. The summed E-state index contributed by atoms with van der Waals surface area (Å²) >= 11 is 7.05. The number of anilines is 1. The zero-order valence-electron chi connectivity index (χ0n) is 36.8. The van der Waals surface area contributed by atoms with E-state index in [9.17, 15) is 68.7 Å². The lowest BCUT2D eigenvalue weighted by Gasteiger charge is -2.37. The van der Waals surface area contributed by atoms with Crippen LogP contribution in [0.3, 0.4) is 0 Å². The number of imide groups is 1. The molecule has 22 nitrogen and oxygen atoms in total. The van der Waals surface area contributed by atoms with E-state index in [4.69, 9.17) is 12.2 Å². The van der Waals surface area contributed by atoms with Crippen LogP contribution in [0.15, 0.2) is 36.4 Å². The Kier molecular flexibility index (Phi) is 23.7. The molecule has 2 heterocycles. The lowest BCUT2D eigenvalue weighted by molar-refractivity contribution is -0.142. The fraction of sp³-hybridized carbons (Fsp3) is 0.571. The molecule has 3 atom stereocenters. The van der Waals surface area contributed by atoms with E-state index in [1.807, 2.05) is 6.26 Å². The molecular formula is C42H60N8O14S2. The van der Waals surface area contributed by atoms with Crippen LogP contribution >= 0.6 is 24.0 Å². The number of ketones is 1. The van der Waals surface area contributed by atoms with E-state index < -0.39 is 72.2 Å². The van der Waals surface area contributed by atoms with Gasteiger partial charge in [0.1, 0.15) is 6.04 Å². The van der Waals surface area contributed by atoms with Crippen molar-refractivity contribution in [2.75, 3.05) is 95.9 Å². The lowest BCUT2D eigenvalue weighted by Crippen LogP contribution is -2.53. The Bertz CT molecular complexity index is 1900. The van der Waals surface area contributed by atoms with E-state index in [1.54, 1.807) is 43.9 Å². The fourth-order valence-electron chi connectivity index (χ4n) is 7.43. The zero-order valence-corrected chi connectivity index (χ0v) is 38.4. The van der Waals surface area contributed by atoms with E-state index in [-0.39, 0.29) is 109 Å². The number of rotatable bonds is 26. The summed E-state index contributed by atoms with van der Waals surface area (Å²) in [5, 5.41) is 57.0. The minimum absolute atomic E-state index is 0.0538. The number of benzene rings is 1. The Morgan fingerprint density at radius 1 is 0.697 bits per heavy atom. The Morgan fingerprint density at radius 2 is 1.24 bits per heavy atom. The third kappa shape index (κ3) is 20.8. The van der Waals surface area contributed by atoms with Crippen molar-refractivity contribution in [3.63, 3.8) is 0 Å². The van der Waals surface area contributed by atoms with Crippen molar-refractivity contribution in [1.82, 2.24) is 35.1 Å². The third-order valence-corrected chi connectivity index (χ3v) is 11.7. The molecule has 2 aliphatic heterocycles. The number of Topliss-reactive ketones (excluding diaryl/α,β-unsaturated/α-hetero) is 1. The number of thioether (sulfide) groups is 1. The number of amides is 3. The van der Waals surface area contributed by atoms with Crippen LogP contribution in [-0.4, -0.2) is 217 Å². The molecule has 0 saturated carbocycles. The van der Waals surface area contributed by atoms with Crippen molar-refractivity contribution >= 4 is 88.1 Å². The van der Waals surface area contributed by atoms with Crippen LogP contribution in [0.4, 0.5) is 5.69 Å². The first-order chi connectivity index (χ1) is 31.3. The quantitative estimate of drug-likeness (QED) is 0.0332. The number of hydrogen-bond acceptors (Lipinski definition) is 15. The standard InChI is InChI=1S/C42H60N8O14S2/c1-66-21-13-31(33(51)9-10-34(52)44-32(41(63)64)4-2-3-14-50-35(53)11-12-36(50)54)45-42(65)43-29-7-5-28(6-8-29)22-30-23-48(26-39(59)60)18-17-46(24-37(55)56)15-16-47(25-38(57)58)19-20-49(30)27-40(61)62/h5-8,11-12,30-32H,2-4,9-10,13-27H2,1H3,(H,44,52)(H,55,56)(H,57,58)(H,59,60)(H,61,62)(H,63,64)(H2,43,45,65)/t30?,31-,32-/m0/s1. The molecule has 0 aliphatic carbocycles. The van der Waals surface area contributed by atoms with E-state index >= 15 is 0 Å². The zero-order chi connectivity index (χ0) is 48.8. The van der Waals surface area contributed by atoms with Gasteiger partial charge in [-0.3, -0.25) is 62.9 Å². The number of thiocarbonyl (C=S) groups is 1. The van der Waals surface area contributed by atoms with Gasteiger partial charge in [-0.1, -0.05) is 12.1 Å². The third-order valence-electron chi connectivity index (χ3n) is 10.8. The number of aliphatic carboxylic acids is 5. The Balaban J connectivity index is 1.66. The second-order valence-corrected chi connectivity index (χ2v) is 17.3. The maximum Gasteiger partial charge on any atom is 0.326 e. The average Bonchev–Trinajstić information content (AvgIpc) is 3.56. The summed E-state index contributed by atoms with van der Waals surface area (Å²) < 4.78 is 0. The minimum Gasteiger partial charge on any atom is -0.480 e. The second kappa shape index (κ2) is 28.5. The van der Waals surface area contributed by atoms with Gasteiger partial charge in [0.15, 0.2) is 10.9 Å². The van der Waals surface area contributed by atoms with Crippen molar-refractivity contribution in [3.8, 4) is 0 Å². The number of carboxylic acid groups (broad SMARTS) is 5. The first-order valence-corrected chi connectivity index (χ1v) is 23.2. The number of carbonyl (C=O) groups is 9. The molecule has 1 saturated heterocycles. The van der Waals surface area contributed by atoms with E-state index in [1.165, 1.54) is 11.8 Å². The molecule has 1 fully saturated rings. The van der Waals surface area contributed by atoms with Crippen molar-refractivity contribution in [2.45, 2.75) is 63.1 Å². The molecule has 364 valence electrons. The number of carboxylic acids is 5. The molecule has 66 heavy (non-hydrogen) atoms. The molecule has 3 amide bonds. The number of unbranched alkanes of at least 4 members (excludes halogenated alkanes) is 1. The maximum atomic E-state index is 13.4. The summed E-state index contributed by atoms with van der Waals surface area (Å²) in [5.74, 6) is -6.94. The number of carbonyl (C=O) groups excluding carboxylic acids is 4. The monoisotopic (exact) mass is 964 g/mol. The van der Waals surface area contributed by atoms with Crippen LogP contribution in [0, 0.1) is 0 Å². The largest absolute Gasteiger partial charge is 0.480 e. The Morgan fingerprint density at radius 3 is 1.79 bits per heavy atom. The van der Waals surface area contributed by atoms with Gasteiger partial charge in [-0.05, 0) is 74.0 Å². The van der Waals surface area contributed by atoms with Crippen LogP contribution < -0.4 is 16.0 Å². The van der Waals surface area contributed by atoms with Crippen LogP contribution in [0.2, 0.25) is 0 Å². The molecule has 8 N–H and O–H groups in total. The van der Waals surface area contributed by atoms with Gasteiger partial charge in [0, 0.05) is 89.1 Å². The summed E-state index contributed by atoms with van der Waals surface area (Å²) in [7, 11) is 0. The predicted octanol–water partition coefficient (Wildman–Crippen LogP) is -0.420. The topological polar surface area (TPSA) is 307 Å². The number of nitrogens with one attached hydrogen (secondary N) is 3. The molecule has 3 rings (SSSR count). The van der Waals surface area contributed by atoms with Gasteiger partial charge in [-0.25, -0.2) is 4.79 Å². The molecule has 1 aromatic carbocycles. The van der Waals surface area contributed by atoms with Gasteiger partial charge in [0.05, 0.1) is 32.2 Å². The Labute approximate surface area is 391 Å². The predicted molar refractivity (Wildman–Crippen MR) is 245 cm³/mol. The lowest BCUT2D eigenvalue weighted by atomic mass is 10.0. The van der Waals surface area contributed by atoms with Gasteiger partial charge in [0.25, 0.3) is 11.8 Å². The summed E-state index contributed by atoms with van der Waals surface area (Å²) in [4.78, 5) is 116. The molecule has 0 aromatic heterocycles. The van der Waals surface area contributed by atoms with E-state index in [2.05, 4.69) is 16.0 Å². The molecule has 2 aliphatic rings. The van der Waals surface area contributed by atoms with Crippen molar-refractivity contribution in [3.05, 3.63) is 42.0 Å². The minimum atomic E-state index is -1.26. The highest BCUT2D eigenvalue weighted by atomic mass is 32.2. The van der Waals surface area contributed by atoms with Crippen molar-refractivity contribution < 1.29 is 68.7 Å². The maximum absolute atomic E-state index is 13.4. The van der Waals surface area contributed by atoms with Crippen LogP contribution in [0.25, 0.3) is 0 Å². The van der Waals surface area contributed by atoms with Gasteiger partial charge in [0.2, 0.25) is 5.91 Å². The molecule has 1 aromatic rings. The molecular weight excluding hydrogens is 905 g/mol. The normalized spacial score (nSPS) is 17.8. The summed E-state index contributed by atoms with van der Waals surface area (Å²) in [6.07, 6.45) is 5.07. The highest BCUT2D eigenvalue weighted by molar-refractivity contribution is 7.98. The van der Waals surface area contributed by atoms with Gasteiger partial charge >= 0.3 is 29.8 Å². The van der Waals surface area contributed by atoms with Crippen LogP contribution in [0.5, 0.6) is 0 Å². The summed E-state index contributed by atoms with van der Waals surface area (Å²) in [6.45, 7) is -0.272. The highest BCUT2D eigenvalue weighted by Crippen LogP contribution is 2.17.